The maximum atomic E-state index is 14.0. The van der Waals surface area contributed by atoms with Crippen LogP contribution in [0, 0.1) is 5.82 Å². The fourth-order valence-electron chi connectivity index (χ4n) is 6.54. The SMILES string of the molecule is COC(=O)C1=C(CN2CCN3C(=O)N([C@H]4C[C@H](C(=O)O)N(S(C)(=O)=O)C4)C[C@@H]3C2)NC(c2nccs2)=NC1c1ccc(F)cc1Cl. The summed E-state index contributed by atoms with van der Waals surface area (Å²) in [7, 11) is -2.53. The lowest BCUT2D eigenvalue weighted by Gasteiger charge is -2.38. The van der Waals surface area contributed by atoms with Crippen molar-refractivity contribution in [1.82, 2.24) is 29.3 Å². The van der Waals surface area contributed by atoms with E-state index >= 15 is 0 Å². The molecule has 0 aliphatic carbocycles. The number of aliphatic carboxylic acids is 1. The molecule has 1 unspecified atom stereocenters. The van der Waals surface area contributed by atoms with Crippen LogP contribution in [0.2, 0.25) is 5.02 Å². The molecule has 6 rings (SSSR count). The summed E-state index contributed by atoms with van der Waals surface area (Å²) < 4.78 is 44.6. The number of halogens is 2. The number of nitrogens with zero attached hydrogens (tertiary/aromatic N) is 6. The summed E-state index contributed by atoms with van der Waals surface area (Å²) in [6.07, 6.45) is 2.60. The Bertz CT molecular complexity index is 1740. The zero-order valence-electron chi connectivity index (χ0n) is 24.8. The van der Waals surface area contributed by atoms with E-state index in [0.717, 1.165) is 16.6 Å². The third-order valence-electron chi connectivity index (χ3n) is 8.66. The zero-order valence-corrected chi connectivity index (χ0v) is 27.2. The van der Waals surface area contributed by atoms with Crippen LogP contribution in [-0.4, -0.2) is 132 Å². The first-order chi connectivity index (χ1) is 21.8. The molecule has 2 N–H and O–H groups in total. The van der Waals surface area contributed by atoms with Crippen molar-refractivity contribution in [3.8, 4) is 0 Å². The molecule has 2 aromatic rings. The van der Waals surface area contributed by atoms with Crippen molar-refractivity contribution in [3.05, 3.63) is 62.5 Å². The van der Waals surface area contributed by atoms with E-state index in [4.69, 9.17) is 21.3 Å². The zero-order chi connectivity index (χ0) is 32.9. The number of amides is 2. The predicted molar refractivity (Wildman–Crippen MR) is 165 cm³/mol. The lowest BCUT2D eigenvalue weighted by Crippen LogP contribution is -2.53. The minimum atomic E-state index is -3.79. The van der Waals surface area contributed by atoms with E-state index in [0.29, 0.717) is 48.3 Å². The second kappa shape index (κ2) is 12.5. The van der Waals surface area contributed by atoms with Gasteiger partial charge in [0.2, 0.25) is 10.0 Å². The number of urea groups is 1. The smallest absolute Gasteiger partial charge is 0.338 e. The number of aliphatic imine (C=N–C) groups is 1. The summed E-state index contributed by atoms with van der Waals surface area (Å²) >= 11 is 7.80. The number of methoxy groups -OCH3 is 1. The first-order valence-electron chi connectivity index (χ1n) is 14.4. The van der Waals surface area contributed by atoms with Crippen LogP contribution in [-0.2, 0) is 24.3 Å². The lowest BCUT2D eigenvalue weighted by atomic mass is 9.95. The largest absolute Gasteiger partial charge is 0.480 e. The second-order valence-electron chi connectivity index (χ2n) is 11.5. The van der Waals surface area contributed by atoms with Crippen molar-refractivity contribution in [1.29, 1.82) is 0 Å². The third-order valence-corrected chi connectivity index (χ3v) is 11.0. The van der Waals surface area contributed by atoms with Gasteiger partial charge in [0.05, 0.1) is 25.0 Å². The van der Waals surface area contributed by atoms with Crippen LogP contribution >= 0.6 is 22.9 Å². The van der Waals surface area contributed by atoms with Gasteiger partial charge in [-0.05, 0) is 18.6 Å². The molecule has 5 heterocycles. The number of amidine groups is 1. The van der Waals surface area contributed by atoms with Crippen LogP contribution in [0.25, 0.3) is 0 Å². The minimum absolute atomic E-state index is 0.00388. The number of hydrogen-bond acceptors (Lipinski definition) is 11. The van der Waals surface area contributed by atoms with Gasteiger partial charge >= 0.3 is 18.0 Å². The molecule has 46 heavy (non-hydrogen) atoms. The number of aromatic nitrogens is 1. The number of ether oxygens (including phenoxy) is 1. The van der Waals surface area contributed by atoms with Gasteiger partial charge in [-0.3, -0.25) is 14.7 Å². The van der Waals surface area contributed by atoms with Crippen molar-refractivity contribution in [3.63, 3.8) is 0 Å². The number of carboxylic acid groups (broad SMARTS) is 1. The fraction of sp³-hybridized carbons (Fsp3) is 0.464. The van der Waals surface area contributed by atoms with Gasteiger partial charge in [-0.15, -0.1) is 11.3 Å². The van der Waals surface area contributed by atoms with Gasteiger partial charge in [-0.25, -0.2) is 27.4 Å². The predicted octanol–water partition coefficient (Wildman–Crippen LogP) is 1.36. The molecule has 4 aliphatic heterocycles. The quantitative estimate of drug-likeness (QED) is 0.386. The molecule has 2 amide bonds. The molecule has 4 atom stereocenters. The Kier molecular flexibility index (Phi) is 8.79. The molecule has 0 bridgehead atoms. The Balaban J connectivity index is 1.26. The van der Waals surface area contributed by atoms with E-state index in [1.54, 1.807) is 21.4 Å². The van der Waals surface area contributed by atoms with E-state index in [-0.39, 0.29) is 42.2 Å². The Morgan fingerprint density at radius 1 is 1.20 bits per heavy atom. The second-order valence-corrected chi connectivity index (χ2v) is 14.7. The normalized spacial score (nSPS) is 25.8. The van der Waals surface area contributed by atoms with E-state index < -0.39 is 45.9 Å². The number of hydrogen-bond donors (Lipinski definition) is 2. The number of carbonyl (C=O) groups is 3. The molecule has 14 nitrogen and oxygen atoms in total. The third kappa shape index (κ3) is 6.09. The molecule has 1 aromatic carbocycles. The maximum Gasteiger partial charge on any atom is 0.338 e. The maximum absolute atomic E-state index is 14.0. The number of rotatable bonds is 8. The van der Waals surface area contributed by atoms with Crippen molar-refractivity contribution in [2.24, 2.45) is 4.99 Å². The van der Waals surface area contributed by atoms with E-state index in [1.165, 1.54) is 30.6 Å². The number of carboxylic acids is 1. The van der Waals surface area contributed by atoms with Gasteiger partial charge in [0.1, 0.15) is 17.9 Å². The lowest BCUT2D eigenvalue weighted by molar-refractivity contribution is -0.140. The van der Waals surface area contributed by atoms with Gasteiger partial charge in [-0.1, -0.05) is 17.7 Å². The van der Waals surface area contributed by atoms with Crippen molar-refractivity contribution < 1.29 is 37.0 Å². The van der Waals surface area contributed by atoms with Crippen molar-refractivity contribution in [2.75, 3.05) is 52.6 Å². The summed E-state index contributed by atoms with van der Waals surface area (Å²) in [5, 5.41) is 15.4. The molecule has 0 spiro atoms. The molecule has 4 aliphatic rings. The van der Waals surface area contributed by atoms with Crippen LogP contribution in [0.15, 0.2) is 46.0 Å². The highest BCUT2D eigenvalue weighted by Crippen LogP contribution is 2.37. The highest BCUT2D eigenvalue weighted by Gasteiger charge is 2.50. The summed E-state index contributed by atoms with van der Waals surface area (Å²) in [6, 6.07) is 0.651. The number of piperazine rings is 1. The van der Waals surface area contributed by atoms with Crippen molar-refractivity contribution >= 4 is 56.8 Å². The average molecular weight is 696 g/mol. The van der Waals surface area contributed by atoms with E-state index in [1.807, 2.05) is 0 Å². The molecule has 3 fully saturated rings. The molecule has 1 aromatic heterocycles. The summed E-state index contributed by atoms with van der Waals surface area (Å²) in [4.78, 5) is 53.0. The van der Waals surface area contributed by atoms with E-state index in [9.17, 15) is 32.3 Å². The molecule has 0 saturated carbocycles. The number of carbonyl (C=O) groups excluding carboxylic acids is 2. The Hall–Kier alpha value is -3.64. The van der Waals surface area contributed by atoms with Gasteiger partial charge in [0.25, 0.3) is 0 Å². The monoisotopic (exact) mass is 695 g/mol. The molecule has 3 saturated heterocycles. The number of benzene rings is 1. The standard InChI is InChI=1S/C28H31ClFN7O7S2/c1-44-27(40)22-20(32-24(25-31-5-8-45-25)33-23(22)18-4-3-15(30)9-19(18)29)14-34-6-7-35-17(11-34)12-36(28(35)41)16-10-21(26(38)39)37(13-16)46(2,42)43/h3-5,8-9,16-17,21,23H,6-7,10-14H2,1-2H3,(H,32,33)(H,38,39)/t16-,17-,21+,23?/m0/s1. The van der Waals surface area contributed by atoms with Crippen LogP contribution in [0.4, 0.5) is 9.18 Å². The van der Waals surface area contributed by atoms with Gasteiger partial charge in [-0.2, -0.15) is 4.31 Å². The highest BCUT2D eigenvalue weighted by molar-refractivity contribution is 7.88. The Morgan fingerprint density at radius 2 is 1.98 bits per heavy atom. The van der Waals surface area contributed by atoms with Crippen LogP contribution in [0.1, 0.15) is 23.0 Å². The average Bonchev–Trinajstić information content (AvgIpc) is 3.76. The fourth-order valence-corrected chi connectivity index (χ4v) is 8.48. The first-order valence-corrected chi connectivity index (χ1v) is 17.5. The highest BCUT2D eigenvalue weighted by atomic mass is 35.5. The molecule has 0 radical (unpaired) electrons. The molecular weight excluding hydrogens is 665 g/mol. The Morgan fingerprint density at radius 3 is 2.61 bits per heavy atom. The number of sulfonamides is 1. The van der Waals surface area contributed by atoms with Gasteiger partial charge in [0.15, 0.2) is 10.8 Å². The topological polar surface area (TPSA) is 165 Å². The summed E-state index contributed by atoms with van der Waals surface area (Å²) in [5.41, 5.74) is 1.11. The number of nitrogens with one attached hydrogen (secondary N) is 1. The minimum Gasteiger partial charge on any atom is -0.480 e. The summed E-state index contributed by atoms with van der Waals surface area (Å²) in [6.45, 7) is 1.70. The van der Waals surface area contributed by atoms with Crippen LogP contribution in [0.5, 0.6) is 0 Å². The van der Waals surface area contributed by atoms with Gasteiger partial charge in [0, 0.05) is 73.2 Å². The molecule has 246 valence electrons. The first kappa shape index (κ1) is 32.3. The van der Waals surface area contributed by atoms with Crippen molar-refractivity contribution in [2.45, 2.75) is 30.6 Å². The van der Waals surface area contributed by atoms with Crippen LogP contribution < -0.4 is 5.32 Å². The molecule has 18 heteroatoms. The number of fused-ring (bicyclic) bond motifs is 1. The number of thiazole rings is 1. The summed E-state index contributed by atoms with van der Waals surface area (Å²) in [5.74, 6) is -2.01. The van der Waals surface area contributed by atoms with Crippen LogP contribution in [0.3, 0.4) is 0 Å². The molecular formula is C28H31ClFN7O7S2. The van der Waals surface area contributed by atoms with E-state index in [2.05, 4.69) is 15.2 Å². The van der Waals surface area contributed by atoms with Gasteiger partial charge < -0.3 is 25.0 Å². The number of esters is 1. The Labute approximate surface area is 273 Å².